The normalized spacial score (nSPS) is 15.7. The lowest BCUT2D eigenvalue weighted by molar-refractivity contribution is 0.0780. The number of nitrogens with one attached hydrogen (secondary N) is 1. The molecular formula is C26H26FN5O2. The third kappa shape index (κ3) is 3.25. The number of aromatic amines is 1. The minimum absolute atomic E-state index is 0.0766. The van der Waals surface area contributed by atoms with Gasteiger partial charge in [0.15, 0.2) is 0 Å². The summed E-state index contributed by atoms with van der Waals surface area (Å²) in [7, 11) is 1.72. The second kappa shape index (κ2) is 8.22. The van der Waals surface area contributed by atoms with Crippen molar-refractivity contribution in [2.75, 3.05) is 13.7 Å². The fourth-order valence-electron chi connectivity index (χ4n) is 5.09. The van der Waals surface area contributed by atoms with E-state index in [4.69, 9.17) is 0 Å². The number of amides is 1. The number of carbonyl (C=O) groups excluding carboxylic acids is 1. The first kappa shape index (κ1) is 22.0. The van der Waals surface area contributed by atoms with Crippen LogP contribution in [0.2, 0.25) is 0 Å². The highest BCUT2D eigenvalue weighted by atomic mass is 19.1. The quantitative estimate of drug-likeness (QED) is 0.480. The Hall–Kier alpha value is -3.78. The molecule has 4 heterocycles. The van der Waals surface area contributed by atoms with Crippen molar-refractivity contribution < 1.29 is 14.3 Å². The Bertz CT molecular complexity index is 1450. The fraction of sp³-hybridized carbons (Fsp3) is 0.269. The van der Waals surface area contributed by atoms with Gasteiger partial charge in [0.2, 0.25) is 0 Å². The summed E-state index contributed by atoms with van der Waals surface area (Å²) < 4.78 is 16.6. The standard InChI is InChI=1S/C26H26FN5O2/c1-5-17-21(27)7-6-18-23(17)14(2)20-12-29-25-19(20)10-16(11-28-25)24-15(3)30-32(8-9-33)22(24)13-31(4)26(18)34/h5-7,10-12,14,33H,1,8-9,13H2,2-4H3,(H,28,29)/t14-/m0/s1. The molecule has 0 saturated carbocycles. The van der Waals surface area contributed by atoms with E-state index in [1.54, 1.807) is 28.9 Å². The Morgan fingerprint density at radius 3 is 2.91 bits per heavy atom. The predicted molar refractivity (Wildman–Crippen MR) is 129 cm³/mol. The molecule has 34 heavy (non-hydrogen) atoms. The van der Waals surface area contributed by atoms with Crippen LogP contribution in [0.5, 0.6) is 0 Å². The van der Waals surface area contributed by atoms with Crippen molar-refractivity contribution in [3.8, 4) is 11.1 Å². The van der Waals surface area contributed by atoms with Crippen molar-refractivity contribution in [2.24, 2.45) is 0 Å². The average molecular weight is 460 g/mol. The zero-order valence-electron chi connectivity index (χ0n) is 19.4. The van der Waals surface area contributed by atoms with E-state index in [0.29, 0.717) is 28.9 Å². The molecule has 0 saturated heterocycles. The smallest absolute Gasteiger partial charge is 0.254 e. The summed E-state index contributed by atoms with van der Waals surface area (Å²) in [6.45, 7) is 8.19. The molecule has 8 heteroatoms. The number of fused-ring (bicyclic) bond motifs is 4. The lowest BCUT2D eigenvalue weighted by Crippen LogP contribution is -2.29. The number of rotatable bonds is 3. The summed E-state index contributed by atoms with van der Waals surface area (Å²) in [5.74, 6) is -0.931. The SMILES string of the molecule is C=Cc1c(F)ccc2c1[C@@H](C)c1c[nH]c3ncc(cc13)-c1c(C)nn(CCO)c1CN(C)C2=O. The molecule has 0 aliphatic carbocycles. The number of aryl methyl sites for hydroxylation is 1. The number of carbonyl (C=O) groups is 1. The van der Waals surface area contributed by atoms with Crippen molar-refractivity contribution in [1.82, 2.24) is 24.6 Å². The Balaban J connectivity index is 1.87. The third-order valence-corrected chi connectivity index (χ3v) is 6.70. The number of benzene rings is 1. The molecule has 5 rings (SSSR count). The lowest BCUT2D eigenvalue weighted by Gasteiger charge is -2.25. The topological polar surface area (TPSA) is 87.0 Å². The summed E-state index contributed by atoms with van der Waals surface area (Å²) in [6, 6.07) is 4.94. The van der Waals surface area contributed by atoms with Gasteiger partial charge in [-0.1, -0.05) is 19.6 Å². The molecule has 7 nitrogen and oxygen atoms in total. The van der Waals surface area contributed by atoms with Crippen LogP contribution in [-0.4, -0.2) is 49.3 Å². The van der Waals surface area contributed by atoms with Gasteiger partial charge < -0.3 is 15.0 Å². The van der Waals surface area contributed by atoms with E-state index in [0.717, 1.165) is 33.5 Å². The van der Waals surface area contributed by atoms with Crippen molar-refractivity contribution >= 4 is 23.0 Å². The molecule has 3 aromatic heterocycles. The predicted octanol–water partition coefficient (Wildman–Crippen LogP) is 4.25. The molecular weight excluding hydrogens is 433 g/mol. The first-order chi connectivity index (χ1) is 16.3. The van der Waals surface area contributed by atoms with Gasteiger partial charge in [-0.3, -0.25) is 9.48 Å². The van der Waals surface area contributed by atoms with Gasteiger partial charge in [-0.15, -0.1) is 0 Å². The van der Waals surface area contributed by atoms with E-state index in [9.17, 15) is 14.3 Å². The van der Waals surface area contributed by atoms with E-state index < -0.39 is 5.82 Å². The van der Waals surface area contributed by atoms with Gasteiger partial charge in [0, 0.05) is 53.0 Å². The molecule has 1 atom stereocenters. The largest absolute Gasteiger partial charge is 0.394 e. The van der Waals surface area contributed by atoms with Crippen LogP contribution < -0.4 is 0 Å². The van der Waals surface area contributed by atoms with Crippen LogP contribution in [0, 0.1) is 12.7 Å². The van der Waals surface area contributed by atoms with Gasteiger partial charge in [0.05, 0.1) is 31.1 Å². The molecule has 0 fully saturated rings. The van der Waals surface area contributed by atoms with Crippen LogP contribution in [0.15, 0.2) is 37.2 Å². The number of aliphatic hydroxyl groups is 1. The minimum atomic E-state index is -0.416. The lowest BCUT2D eigenvalue weighted by atomic mass is 9.85. The van der Waals surface area contributed by atoms with E-state index in [1.165, 1.54) is 12.1 Å². The third-order valence-electron chi connectivity index (χ3n) is 6.70. The first-order valence-corrected chi connectivity index (χ1v) is 11.2. The highest BCUT2D eigenvalue weighted by Crippen LogP contribution is 2.38. The Morgan fingerprint density at radius 2 is 2.18 bits per heavy atom. The van der Waals surface area contributed by atoms with Gasteiger partial charge in [0.25, 0.3) is 5.91 Å². The number of aliphatic hydroxyl groups excluding tert-OH is 1. The molecule has 1 aliphatic heterocycles. The Kier molecular flexibility index (Phi) is 5.32. The molecule has 1 amide bonds. The molecule has 2 bridgehead atoms. The average Bonchev–Trinajstić information content (AvgIpc) is 3.37. The van der Waals surface area contributed by atoms with Crippen molar-refractivity contribution in [3.05, 3.63) is 76.6 Å². The molecule has 0 spiro atoms. The summed E-state index contributed by atoms with van der Waals surface area (Å²) >= 11 is 0. The second-order valence-electron chi connectivity index (χ2n) is 8.73. The van der Waals surface area contributed by atoms with E-state index >= 15 is 0 Å². The second-order valence-corrected chi connectivity index (χ2v) is 8.73. The number of hydrogen-bond acceptors (Lipinski definition) is 4. The molecule has 4 aromatic rings. The summed E-state index contributed by atoms with van der Waals surface area (Å²) in [4.78, 5) is 23.2. The summed E-state index contributed by atoms with van der Waals surface area (Å²) in [5, 5.41) is 15.1. The van der Waals surface area contributed by atoms with Crippen LogP contribution in [0.3, 0.4) is 0 Å². The highest BCUT2D eigenvalue weighted by molar-refractivity contribution is 5.98. The number of nitrogens with zero attached hydrogens (tertiary/aromatic N) is 4. The van der Waals surface area contributed by atoms with Crippen molar-refractivity contribution in [2.45, 2.75) is 32.9 Å². The fourth-order valence-corrected chi connectivity index (χ4v) is 5.09. The van der Waals surface area contributed by atoms with Gasteiger partial charge in [-0.05, 0) is 36.2 Å². The number of aromatic nitrogens is 4. The maximum Gasteiger partial charge on any atom is 0.254 e. The number of H-pyrrole nitrogens is 1. The number of hydrogen-bond donors (Lipinski definition) is 2. The van der Waals surface area contributed by atoms with Crippen LogP contribution >= 0.6 is 0 Å². The van der Waals surface area contributed by atoms with Crippen LogP contribution in [0.25, 0.3) is 28.2 Å². The Labute approximate surface area is 196 Å². The van der Waals surface area contributed by atoms with Crippen molar-refractivity contribution in [3.63, 3.8) is 0 Å². The number of halogens is 1. The number of pyridine rings is 1. The highest BCUT2D eigenvalue weighted by Gasteiger charge is 2.29. The van der Waals surface area contributed by atoms with Crippen LogP contribution in [0.4, 0.5) is 4.39 Å². The molecule has 174 valence electrons. The van der Waals surface area contributed by atoms with Crippen LogP contribution in [0.1, 0.15) is 51.3 Å². The molecule has 0 radical (unpaired) electrons. The molecule has 2 N–H and O–H groups in total. The molecule has 0 unspecified atom stereocenters. The van der Waals surface area contributed by atoms with Gasteiger partial charge in [-0.25, -0.2) is 9.37 Å². The van der Waals surface area contributed by atoms with Gasteiger partial charge in [0.1, 0.15) is 11.5 Å². The van der Waals surface area contributed by atoms with E-state index in [-0.39, 0.29) is 25.0 Å². The first-order valence-electron chi connectivity index (χ1n) is 11.2. The maximum atomic E-state index is 14.9. The van der Waals surface area contributed by atoms with Crippen LogP contribution in [-0.2, 0) is 13.1 Å². The maximum absolute atomic E-state index is 14.9. The minimum Gasteiger partial charge on any atom is -0.394 e. The molecule has 1 aliphatic rings. The van der Waals surface area contributed by atoms with E-state index in [2.05, 4.69) is 27.7 Å². The van der Waals surface area contributed by atoms with Gasteiger partial charge >= 0.3 is 0 Å². The summed E-state index contributed by atoms with van der Waals surface area (Å²) in [5.41, 5.74) is 6.35. The zero-order valence-corrected chi connectivity index (χ0v) is 19.4. The Morgan fingerprint density at radius 1 is 1.38 bits per heavy atom. The zero-order chi connectivity index (χ0) is 24.1. The summed E-state index contributed by atoms with van der Waals surface area (Å²) in [6.07, 6.45) is 5.14. The molecule has 1 aromatic carbocycles. The monoisotopic (exact) mass is 459 g/mol. The van der Waals surface area contributed by atoms with Crippen molar-refractivity contribution in [1.29, 1.82) is 0 Å². The van der Waals surface area contributed by atoms with Gasteiger partial charge in [-0.2, -0.15) is 5.10 Å². The van der Waals surface area contributed by atoms with E-state index in [1.807, 2.05) is 20.0 Å².